The van der Waals surface area contributed by atoms with E-state index in [0.717, 1.165) is 38.5 Å². The largest absolute Gasteiger partial charge is 0.469 e. The Hall–Kier alpha value is -0.460. The molecule has 1 amide bonds. The van der Waals surface area contributed by atoms with Crippen LogP contribution in [0.1, 0.15) is 290 Å². The lowest BCUT2D eigenvalue weighted by atomic mass is 10.0. The van der Waals surface area contributed by atoms with Gasteiger partial charge in [0, 0.05) is 6.42 Å². The molecular formula is C49H100NO6P. The maximum Gasteiger partial charge on any atom is 0.469 e. The van der Waals surface area contributed by atoms with Crippen LogP contribution in [0.5, 0.6) is 0 Å². The number of aliphatic hydroxyl groups is 1. The number of aliphatic hydroxyl groups excluding tert-OH is 1. The Morgan fingerprint density at radius 2 is 0.684 bits per heavy atom. The number of carbonyl (C=O) groups excluding carboxylic acids is 1. The fourth-order valence-electron chi connectivity index (χ4n) is 8.23. The number of phosphoric ester groups is 1. The molecule has 0 aliphatic rings. The van der Waals surface area contributed by atoms with Crippen LogP contribution in [0.4, 0.5) is 0 Å². The van der Waals surface area contributed by atoms with Crippen LogP contribution >= 0.6 is 7.82 Å². The first-order chi connectivity index (χ1) is 27.8. The second-order valence-electron chi connectivity index (χ2n) is 17.9. The van der Waals surface area contributed by atoms with Crippen molar-refractivity contribution in [3.05, 3.63) is 0 Å². The molecule has 0 aliphatic carbocycles. The Bertz CT molecular complexity index is 854. The van der Waals surface area contributed by atoms with Gasteiger partial charge in [-0.3, -0.25) is 9.32 Å². The van der Waals surface area contributed by atoms with Crippen LogP contribution in [-0.4, -0.2) is 39.6 Å². The molecule has 342 valence electrons. The summed E-state index contributed by atoms with van der Waals surface area (Å²) in [5.41, 5.74) is 0. The lowest BCUT2D eigenvalue weighted by Crippen LogP contribution is -2.46. The third-order valence-electron chi connectivity index (χ3n) is 12.1. The van der Waals surface area contributed by atoms with Crippen molar-refractivity contribution in [3.8, 4) is 0 Å². The number of phosphoric acid groups is 1. The molecule has 0 heterocycles. The zero-order valence-electron chi connectivity index (χ0n) is 38.3. The summed E-state index contributed by atoms with van der Waals surface area (Å²) in [5.74, 6) is -0.188. The van der Waals surface area contributed by atoms with Crippen LogP contribution in [0.3, 0.4) is 0 Å². The number of hydrogen-bond acceptors (Lipinski definition) is 4. The van der Waals surface area contributed by atoms with E-state index in [9.17, 15) is 14.5 Å². The van der Waals surface area contributed by atoms with Gasteiger partial charge in [0.1, 0.15) is 0 Å². The Morgan fingerprint density at radius 1 is 0.439 bits per heavy atom. The predicted molar refractivity (Wildman–Crippen MR) is 246 cm³/mol. The molecule has 57 heavy (non-hydrogen) atoms. The first kappa shape index (κ1) is 56.5. The summed E-state index contributed by atoms with van der Waals surface area (Å²) < 4.78 is 16.0. The van der Waals surface area contributed by atoms with Crippen LogP contribution < -0.4 is 5.32 Å². The summed E-state index contributed by atoms with van der Waals surface area (Å²) in [5, 5.41) is 13.5. The molecule has 0 aromatic rings. The number of hydrogen-bond donors (Lipinski definition) is 4. The van der Waals surface area contributed by atoms with E-state index in [1.165, 1.54) is 225 Å². The summed E-state index contributed by atoms with van der Waals surface area (Å²) in [7, 11) is -4.68. The van der Waals surface area contributed by atoms with Crippen LogP contribution in [-0.2, 0) is 13.9 Å². The van der Waals surface area contributed by atoms with Crippen molar-refractivity contribution in [2.75, 3.05) is 6.61 Å². The van der Waals surface area contributed by atoms with E-state index in [1.807, 2.05) is 0 Å². The van der Waals surface area contributed by atoms with Gasteiger partial charge in [0.2, 0.25) is 5.91 Å². The lowest BCUT2D eigenvalue weighted by Gasteiger charge is -2.24. The van der Waals surface area contributed by atoms with Gasteiger partial charge in [0.25, 0.3) is 0 Å². The summed E-state index contributed by atoms with van der Waals surface area (Å²) in [6.45, 7) is 4.13. The molecule has 0 unspecified atom stereocenters. The predicted octanol–water partition coefficient (Wildman–Crippen LogP) is 15.8. The van der Waals surface area contributed by atoms with Gasteiger partial charge in [-0.25, -0.2) is 4.57 Å². The van der Waals surface area contributed by atoms with E-state index in [4.69, 9.17) is 9.79 Å². The molecule has 0 spiro atoms. The Morgan fingerprint density at radius 3 is 0.947 bits per heavy atom. The fraction of sp³-hybridized carbons (Fsp3) is 0.980. The van der Waals surface area contributed by atoms with Gasteiger partial charge in [-0.05, 0) is 12.8 Å². The molecular weight excluding hydrogens is 730 g/mol. The van der Waals surface area contributed by atoms with E-state index in [1.54, 1.807) is 0 Å². The summed E-state index contributed by atoms with van der Waals surface area (Å²) in [6.07, 6.45) is 54.3. The second kappa shape index (κ2) is 45.1. The molecule has 8 heteroatoms. The highest BCUT2D eigenvalue weighted by Gasteiger charge is 2.25. The number of nitrogens with one attached hydrogen (secondary N) is 1. The SMILES string of the molecule is CCCCCCCCCCCCCCCCCCCCCCCCCCCCCCCCCC(=O)N[C@@H](COP(=O)(O)O)[C@H](O)CCCCCCCCCCCC. The molecule has 7 nitrogen and oxygen atoms in total. The Balaban J connectivity index is 3.59. The maximum atomic E-state index is 12.6. The number of unbranched alkanes of at least 4 members (excludes halogenated alkanes) is 39. The lowest BCUT2D eigenvalue weighted by molar-refractivity contribution is -0.123. The van der Waals surface area contributed by atoms with E-state index >= 15 is 0 Å². The molecule has 4 N–H and O–H groups in total. The highest BCUT2D eigenvalue weighted by atomic mass is 31.2. The Kier molecular flexibility index (Phi) is 44.7. The topological polar surface area (TPSA) is 116 Å². The van der Waals surface area contributed by atoms with Gasteiger partial charge in [-0.15, -0.1) is 0 Å². The van der Waals surface area contributed by atoms with Crippen molar-refractivity contribution in [3.63, 3.8) is 0 Å². The maximum absolute atomic E-state index is 12.6. The van der Waals surface area contributed by atoms with Crippen LogP contribution in [0.25, 0.3) is 0 Å². The monoisotopic (exact) mass is 830 g/mol. The van der Waals surface area contributed by atoms with E-state index < -0.39 is 26.6 Å². The molecule has 0 bridgehead atoms. The molecule has 0 fully saturated rings. The van der Waals surface area contributed by atoms with Gasteiger partial charge < -0.3 is 20.2 Å². The zero-order chi connectivity index (χ0) is 41.8. The van der Waals surface area contributed by atoms with Gasteiger partial charge in [-0.2, -0.15) is 0 Å². The summed E-state index contributed by atoms with van der Waals surface area (Å²) in [4.78, 5) is 30.9. The minimum absolute atomic E-state index is 0.188. The Labute approximate surface area is 355 Å². The molecule has 0 aromatic heterocycles. The molecule has 0 saturated heterocycles. The average molecular weight is 830 g/mol. The third-order valence-corrected chi connectivity index (χ3v) is 12.6. The van der Waals surface area contributed by atoms with Gasteiger partial charge in [0.15, 0.2) is 0 Å². The normalized spacial score (nSPS) is 13.0. The third kappa shape index (κ3) is 46.5. The van der Waals surface area contributed by atoms with Crippen molar-refractivity contribution in [1.82, 2.24) is 5.32 Å². The van der Waals surface area contributed by atoms with Crippen molar-refractivity contribution < 1.29 is 28.8 Å². The second-order valence-corrected chi connectivity index (χ2v) is 19.1. The van der Waals surface area contributed by atoms with Crippen molar-refractivity contribution in [2.24, 2.45) is 0 Å². The van der Waals surface area contributed by atoms with Crippen molar-refractivity contribution in [1.29, 1.82) is 0 Å². The van der Waals surface area contributed by atoms with Gasteiger partial charge >= 0.3 is 7.82 Å². The zero-order valence-corrected chi connectivity index (χ0v) is 39.2. The van der Waals surface area contributed by atoms with Crippen molar-refractivity contribution in [2.45, 2.75) is 302 Å². The minimum Gasteiger partial charge on any atom is -0.391 e. The summed E-state index contributed by atoms with van der Waals surface area (Å²) >= 11 is 0. The number of carbonyl (C=O) groups is 1. The minimum atomic E-state index is -4.68. The van der Waals surface area contributed by atoms with E-state index in [2.05, 4.69) is 23.7 Å². The van der Waals surface area contributed by atoms with Crippen LogP contribution in [0.2, 0.25) is 0 Å². The standard InChI is InChI=1S/C49H100NO6P/c1-3-5-7-9-11-13-15-16-17-18-19-20-21-22-23-24-25-26-27-28-29-30-31-32-33-34-35-37-39-41-43-45-49(52)50-47(46-56-57(53,54)55)48(51)44-42-40-38-36-14-12-10-8-6-4-2/h47-48,51H,3-46H2,1-2H3,(H,50,52)(H2,53,54,55)/t47-,48+/m0/s1. The smallest absolute Gasteiger partial charge is 0.391 e. The van der Waals surface area contributed by atoms with Crippen LogP contribution in [0.15, 0.2) is 0 Å². The van der Waals surface area contributed by atoms with E-state index in [-0.39, 0.29) is 5.91 Å². The van der Waals surface area contributed by atoms with Gasteiger partial charge in [0.05, 0.1) is 18.8 Å². The summed E-state index contributed by atoms with van der Waals surface area (Å²) in [6, 6.07) is -0.817. The molecule has 0 radical (unpaired) electrons. The van der Waals surface area contributed by atoms with E-state index in [0.29, 0.717) is 12.8 Å². The number of amides is 1. The molecule has 0 aromatic carbocycles. The number of rotatable bonds is 48. The molecule has 0 aliphatic heterocycles. The molecule has 0 saturated carbocycles. The molecule has 2 atom stereocenters. The fourth-order valence-corrected chi connectivity index (χ4v) is 8.59. The molecule has 0 rings (SSSR count). The van der Waals surface area contributed by atoms with Crippen molar-refractivity contribution >= 4 is 13.7 Å². The van der Waals surface area contributed by atoms with Gasteiger partial charge in [-0.1, -0.05) is 271 Å². The first-order valence-corrected chi connectivity index (χ1v) is 27.0. The highest BCUT2D eigenvalue weighted by Crippen LogP contribution is 2.36. The first-order valence-electron chi connectivity index (χ1n) is 25.5. The quantitative estimate of drug-likeness (QED) is 0.0358. The average Bonchev–Trinajstić information content (AvgIpc) is 3.18. The highest BCUT2D eigenvalue weighted by molar-refractivity contribution is 7.46. The van der Waals surface area contributed by atoms with Crippen LogP contribution in [0, 0.1) is 0 Å².